The third kappa shape index (κ3) is 4.43. The first kappa shape index (κ1) is 20.6. The first-order valence-electron chi connectivity index (χ1n) is 9.38. The lowest BCUT2D eigenvalue weighted by Gasteiger charge is -2.12. The first-order valence-corrected chi connectivity index (χ1v) is 10.6. The standard InChI is InChI=1S/C20H20ClN5O3S/c1-13(19-22-17(25-29-19)16-9-5-12-28-16)30-20-24-23-18(26(20)10-6-11-27-2)14-7-3-4-8-15(14)21/h3-5,7-9,12-13H,6,10-11H2,1-2H3/t13-/m0/s1. The Bertz CT molecular complexity index is 1100. The zero-order chi connectivity index (χ0) is 20.9. The quantitative estimate of drug-likeness (QED) is 0.258. The number of nitrogens with zero attached hydrogens (tertiary/aromatic N) is 5. The lowest BCUT2D eigenvalue weighted by molar-refractivity contribution is 0.189. The van der Waals surface area contributed by atoms with Crippen molar-refractivity contribution in [2.45, 2.75) is 30.3 Å². The van der Waals surface area contributed by atoms with Crippen LogP contribution in [-0.2, 0) is 11.3 Å². The Kier molecular flexibility index (Phi) is 6.51. The average molecular weight is 446 g/mol. The summed E-state index contributed by atoms with van der Waals surface area (Å²) in [6, 6.07) is 11.2. The average Bonchev–Trinajstić information content (AvgIpc) is 3.50. The predicted octanol–water partition coefficient (Wildman–Crippen LogP) is 5.13. The van der Waals surface area contributed by atoms with Crippen LogP contribution in [0.3, 0.4) is 0 Å². The second-order valence-electron chi connectivity index (χ2n) is 6.48. The number of aromatic nitrogens is 5. The minimum atomic E-state index is -0.134. The lowest BCUT2D eigenvalue weighted by Crippen LogP contribution is -2.06. The number of rotatable bonds is 9. The van der Waals surface area contributed by atoms with Crippen molar-refractivity contribution in [3.8, 4) is 23.0 Å². The molecule has 0 bridgehead atoms. The van der Waals surface area contributed by atoms with Crippen molar-refractivity contribution in [3.05, 3.63) is 53.6 Å². The zero-order valence-corrected chi connectivity index (χ0v) is 18.1. The molecule has 0 amide bonds. The van der Waals surface area contributed by atoms with E-state index in [1.165, 1.54) is 11.8 Å². The molecule has 1 atom stereocenters. The maximum atomic E-state index is 6.40. The molecular formula is C20H20ClN5O3S. The van der Waals surface area contributed by atoms with Gasteiger partial charge >= 0.3 is 0 Å². The molecule has 10 heteroatoms. The topological polar surface area (TPSA) is 92.0 Å². The van der Waals surface area contributed by atoms with Gasteiger partial charge in [0.15, 0.2) is 16.7 Å². The summed E-state index contributed by atoms with van der Waals surface area (Å²) in [7, 11) is 1.69. The van der Waals surface area contributed by atoms with Gasteiger partial charge in [-0.2, -0.15) is 4.98 Å². The largest absolute Gasteiger partial charge is 0.461 e. The van der Waals surface area contributed by atoms with E-state index < -0.39 is 0 Å². The normalized spacial score (nSPS) is 12.4. The lowest BCUT2D eigenvalue weighted by atomic mass is 10.2. The maximum Gasteiger partial charge on any atom is 0.240 e. The molecule has 0 saturated heterocycles. The summed E-state index contributed by atoms with van der Waals surface area (Å²) in [6.45, 7) is 3.31. The van der Waals surface area contributed by atoms with Crippen molar-refractivity contribution in [3.63, 3.8) is 0 Å². The highest BCUT2D eigenvalue weighted by molar-refractivity contribution is 7.99. The van der Waals surface area contributed by atoms with Crippen LogP contribution >= 0.6 is 23.4 Å². The van der Waals surface area contributed by atoms with E-state index in [2.05, 4.69) is 20.3 Å². The number of furan rings is 1. The molecular weight excluding hydrogens is 426 g/mol. The van der Waals surface area contributed by atoms with Crippen LogP contribution < -0.4 is 0 Å². The van der Waals surface area contributed by atoms with Crippen LogP contribution in [0.2, 0.25) is 5.02 Å². The number of thioether (sulfide) groups is 1. The molecule has 8 nitrogen and oxygen atoms in total. The smallest absolute Gasteiger partial charge is 0.240 e. The molecule has 0 N–H and O–H groups in total. The Morgan fingerprint density at radius 2 is 2.07 bits per heavy atom. The molecule has 0 saturated carbocycles. The maximum absolute atomic E-state index is 6.40. The van der Waals surface area contributed by atoms with Crippen LogP contribution in [0.4, 0.5) is 0 Å². The van der Waals surface area contributed by atoms with Gasteiger partial charge < -0.3 is 18.2 Å². The second kappa shape index (κ2) is 9.46. The van der Waals surface area contributed by atoms with E-state index in [0.29, 0.717) is 41.5 Å². The molecule has 3 aromatic heterocycles. The van der Waals surface area contributed by atoms with Crippen LogP contribution in [0, 0.1) is 0 Å². The molecule has 3 heterocycles. The Morgan fingerprint density at radius 3 is 2.83 bits per heavy atom. The van der Waals surface area contributed by atoms with Gasteiger partial charge in [-0.3, -0.25) is 0 Å². The zero-order valence-electron chi connectivity index (χ0n) is 16.5. The fourth-order valence-corrected chi connectivity index (χ4v) is 4.03. The summed E-state index contributed by atoms with van der Waals surface area (Å²) >= 11 is 7.89. The van der Waals surface area contributed by atoms with Gasteiger partial charge in [0.1, 0.15) is 0 Å². The molecule has 0 aliphatic carbocycles. The minimum absolute atomic E-state index is 0.134. The van der Waals surface area contributed by atoms with E-state index in [1.54, 1.807) is 25.5 Å². The van der Waals surface area contributed by atoms with Crippen LogP contribution in [0.1, 0.15) is 24.5 Å². The van der Waals surface area contributed by atoms with Gasteiger partial charge in [-0.05, 0) is 37.6 Å². The van der Waals surface area contributed by atoms with Gasteiger partial charge in [0.25, 0.3) is 0 Å². The molecule has 156 valence electrons. The van der Waals surface area contributed by atoms with Gasteiger partial charge in [0.05, 0.1) is 16.5 Å². The van der Waals surface area contributed by atoms with Crippen molar-refractivity contribution >= 4 is 23.4 Å². The minimum Gasteiger partial charge on any atom is -0.461 e. The molecule has 1 aromatic carbocycles. The van der Waals surface area contributed by atoms with Crippen LogP contribution in [0.25, 0.3) is 23.0 Å². The number of ether oxygens (including phenoxy) is 1. The van der Waals surface area contributed by atoms with Gasteiger partial charge in [-0.1, -0.05) is 40.7 Å². The summed E-state index contributed by atoms with van der Waals surface area (Å²) < 4.78 is 18.0. The molecule has 0 radical (unpaired) electrons. The first-order chi connectivity index (χ1) is 14.7. The van der Waals surface area contributed by atoms with E-state index in [4.69, 9.17) is 25.3 Å². The Hall–Kier alpha value is -2.62. The highest BCUT2D eigenvalue weighted by Gasteiger charge is 2.22. The van der Waals surface area contributed by atoms with Crippen molar-refractivity contribution in [1.29, 1.82) is 0 Å². The van der Waals surface area contributed by atoms with Crippen LogP contribution in [0.5, 0.6) is 0 Å². The molecule has 0 fully saturated rings. The summed E-state index contributed by atoms with van der Waals surface area (Å²) in [6.07, 6.45) is 2.39. The van der Waals surface area contributed by atoms with E-state index in [9.17, 15) is 0 Å². The molecule has 0 spiro atoms. The Morgan fingerprint density at radius 1 is 1.20 bits per heavy atom. The van der Waals surface area contributed by atoms with E-state index >= 15 is 0 Å². The highest BCUT2D eigenvalue weighted by Crippen LogP contribution is 2.36. The van der Waals surface area contributed by atoms with Crippen molar-refractivity contribution in [2.75, 3.05) is 13.7 Å². The van der Waals surface area contributed by atoms with E-state index in [-0.39, 0.29) is 5.25 Å². The third-order valence-electron chi connectivity index (χ3n) is 4.38. The molecule has 4 aromatic rings. The van der Waals surface area contributed by atoms with Crippen molar-refractivity contribution in [1.82, 2.24) is 24.9 Å². The SMILES string of the molecule is COCCCn1c(S[C@@H](C)c2nc(-c3ccco3)no2)nnc1-c1ccccc1Cl. The summed E-state index contributed by atoms with van der Waals surface area (Å²) in [5, 5.41) is 14.0. The fourth-order valence-electron chi connectivity index (χ4n) is 2.90. The van der Waals surface area contributed by atoms with Crippen molar-refractivity contribution in [2.24, 2.45) is 0 Å². The summed E-state index contributed by atoms with van der Waals surface area (Å²) in [5.74, 6) is 2.18. The van der Waals surface area contributed by atoms with Crippen LogP contribution in [0.15, 0.2) is 56.8 Å². The number of halogens is 1. The summed E-state index contributed by atoms with van der Waals surface area (Å²) in [5.41, 5.74) is 0.835. The number of hydrogen-bond acceptors (Lipinski definition) is 8. The van der Waals surface area contributed by atoms with E-state index in [0.717, 1.165) is 17.1 Å². The number of methoxy groups -OCH3 is 1. The Labute approximate surface area is 182 Å². The van der Waals surface area contributed by atoms with Crippen molar-refractivity contribution < 1.29 is 13.7 Å². The predicted molar refractivity (Wildman–Crippen MR) is 113 cm³/mol. The molecule has 0 aliphatic rings. The molecule has 0 aliphatic heterocycles. The van der Waals surface area contributed by atoms with E-state index in [1.807, 2.05) is 35.8 Å². The van der Waals surface area contributed by atoms with Gasteiger partial charge in [0, 0.05) is 25.8 Å². The second-order valence-corrected chi connectivity index (χ2v) is 8.19. The molecule has 30 heavy (non-hydrogen) atoms. The Balaban J connectivity index is 1.59. The molecule has 0 unspecified atom stereocenters. The fraction of sp³-hybridized carbons (Fsp3) is 0.300. The number of hydrogen-bond donors (Lipinski definition) is 0. The molecule has 4 rings (SSSR count). The third-order valence-corrected chi connectivity index (χ3v) is 5.77. The van der Waals surface area contributed by atoms with Gasteiger partial charge in [0.2, 0.25) is 11.7 Å². The van der Waals surface area contributed by atoms with Gasteiger partial charge in [-0.25, -0.2) is 0 Å². The van der Waals surface area contributed by atoms with Crippen LogP contribution in [-0.4, -0.2) is 38.6 Å². The monoisotopic (exact) mass is 445 g/mol. The highest BCUT2D eigenvalue weighted by atomic mass is 35.5. The number of benzene rings is 1. The van der Waals surface area contributed by atoms with Gasteiger partial charge in [-0.15, -0.1) is 10.2 Å². The summed E-state index contributed by atoms with van der Waals surface area (Å²) in [4.78, 5) is 4.44.